The first-order valence-electron chi connectivity index (χ1n) is 9.84. The zero-order valence-electron chi connectivity index (χ0n) is 17.4. The fourth-order valence-electron chi connectivity index (χ4n) is 3.02. The van der Waals surface area contributed by atoms with Gasteiger partial charge in [-0.3, -0.25) is 9.59 Å². The van der Waals surface area contributed by atoms with Gasteiger partial charge in [-0.2, -0.15) is 0 Å². The Morgan fingerprint density at radius 3 is 2.41 bits per heavy atom. The number of aryl methyl sites for hydroxylation is 1. The third-order valence-corrected chi connectivity index (χ3v) is 5.39. The van der Waals surface area contributed by atoms with Crippen molar-refractivity contribution in [2.45, 2.75) is 52.7 Å². The zero-order chi connectivity index (χ0) is 21.4. The minimum Gasteiger partial charge on any atom is -0.484 e. The summed E-state index contributed by atoms with van der Waals surface area (Å²) in [5.74, 6) is 0.254. The predicted molar refractivity (Wildman–Crippen MR) is 119 cm³/mol. The van der Waals surface area contributed by atoms with Crippen LogP contribution in [0, 0.1) is 6.92 Å². The van der Waals surface area contributed by atoms with Gasteiger partial charge in [-0.25, -0.2) is 0 Å². The second-order valence-electron chi connectivity index (χ2n) is 7.29. The average molecular weight is 461 g/mol. The zero-order valence-corrected chi connectivity index (χ0v) is 19.0. The van der Waals surface area contributed by atoms with E-state index in [9.17, 15) is 9.59 Å². The van der Waals surface area contributed by atoms with E-state index in [4.69, 9.17) is 4.74 Å². The molecule has 0 radical (unpaired) electrons. The molecule has 5 nitrogen and oxygen atoms in total. The summed E-state index contributed by atoms with van der Waals surface area (Å²) in [5.41, 5.74) is 2.00. The molecule has 0 spiro atoms. The second kappa shape index (κ2) is 11.0. The number of halogens is 1. The van der Waals surface area contributed by atoms with Crippen molar-refractivity contribution in [2.75, 3.05) is 6.61 Å². The molecule has 0 aliphatic carbocycles. The first kappa shape index (κ1) is 22.9. The molecule has 1 atom stereocenters. The minimum absolute atomic E-state index is 0.00668. The summed E-state index contributed by atoms with van der Waals surface area (Å²) in [4.78, 5) is 27.4. The van der Waals surface area contributed by atoms with E-state index in [0.717, 1.165) is 15.6 Å². The largest absolute Gasteiger partial charge is 0.484 e. The van der Waals surface area contributed by atoms with E-state index in [1.165, 1.54) is 0 Å². The lowest BCUT2D eigenvalue weighted by Crippen LogP contribution is -2.51. The SMILES string of the molecule is CC[C@@H](C(=O)NC(C)C)N(Cc1ccccc1)C(=O)COc1ccc(Br)c(C)c1. The highest BCUT2D eigenvalue weighted by atomic mass is 79.9. The van der Waals surface area contributed by atoms with Gasteiger partial charge < -0.3 is 15.0 Å². The van der Waals surface area contributed by atoms with Gasteiger partial charge in [-0.1, -0.05) is 53.2 Å². The molecule has 0 saturated heterocycles. The van der Waals surface area contributed by atoms with Crippen molar-refractivity contribution in [3.8, 4) is 5.75 Å². The van der Waals surface area contributed by atoms with Crippen LogP contribution in [0.25, 0.3) is 0 Å². The number of benzene rings is 2. The van der Waals surface area contributed by atoms with Crippen molar-refractivity contribution in [1.82, 2.24) is 10.2 Å². The molecule has 0 heterocycles. The van der Waals surface area contributed by atoms with Crippen molar-refractivity contribution in [3.63, 3.8) is 0 Å². The normalized spacial score (nSPS) is 11.8. The van der Waals surface area contributed by atoms with Crippen LogP contribution in [0.1, 0.15) is 38.3 Å². The number of hydrogen-bond acceptors (Lipinski definition) is 3. The summed E-state index contributed by atoms with van der Waals surface area (Å²) in [6.07, 6.45) is 0.522. The molecule has 0 unspecified atom stereocenters. The minimum atomic E-state index is -0.555. The van der Waals surface area contributed by atoms with Gasteiger partial charge in [0.1, 0.15) is 11.8 Å². The Bertz CT molecular complexity index is 824. The van der Waals surface area contributed by atoms with E-state index in [2.05, 4.69) is 21.2 Å². The van der Waals surface area contributed by atoms with Crippen molar-refractivity contribution in [3.05, 3.63) is 64.1 Å². The van der Waals surface area contributed by atoms with E-state index >= 15 is 0 Å². The van der Waals surface area contributed by atoms with Crippen LogP contribution in [0.5, 0.6) is 5.75 Å². The predicted octanol–water partition coefficient (Wildman–Crippen LogP) is 4.47. The number of nitrogens with one attached hydrogen (secondary N) is 1. The number of carbonyl (C=O) groups is 2. The molecular formula is C23H29BrN2O3. The monoisotopic (exact) mass is 460 g/mol. The van der Waals surface area contributed by atoms with Gasteiger partial charge in [0.05, 0.1) is 0 Å². The third kappa shape index (κ3) is 6.89. The molecule has 2 rings (SSSR count). The molecule has 156 valence electrons. The molecule has 2 aromatic rings. The smallest absolute Gasteiger partial charge is 0.261 e. The molecule has 0 fully saturated rings. The Balaban J connectivity index is 2.18. The molecule has 2 amide bonds. The van der Waals surface area contributed by atoms with E-state index < -0.39 is 6.04 Å². The maximum Gasteiger partial charge on any atom is 0.261 e. The van der Waals surface area contributed by atoms with Crippen LogP contribution in [-0.2, 0) is 16.1 Å². The lowest BCUT2D eigenvalue weighted by molar-refractivity contribution is -0.143. The van der Waals surface area contributed by atoms with Crippen LogP contribution in [0.4, 0.5) is 0 Å². The van der Waals surface area contributed by atoms with Crippen LogP contribution in [0.15, 0.2) is 53.0 Å². The average Bonchev–Trinajstić information content (AvgIpc) is 2.68. The first-order chi connectivity index (χ1) is 13.8. The number of carbonyl (C=O) groups excluding carboxylic acids is 2. The molecule has 0 saturated carbocycles. The van der Waals surface area contributed by atoms with Gasteiger partial charge in [0, 0.05) is 17.1 Å². The van der Waals surface area contributed by atoms with Crippen LogP contribution in [0.2, 0.25) is 0 Å². The van der Waals surface area contributed by atoms with Crippen LogP contribution in [-0.4, -0.2) is 35.4 Å². The van der Waals surface area contributed by atoms with E-state index in [1.807, 2.05) is 76.2 Å². The number of rotatable bonds is 9. The number of amides is 2. The van der Waals surface area contributed by atoms with E-state index in [-0.39, 0.29) is 24.5 Å². The Morgan fingerprint density at radius 2 is 1.83 bits per heavy atom. The molecule has 0 aliphatic heterocycles. The highest BCUT2D eigenvalue weighted by Gasteiger charge is 2.29. The van der Waals surface area contributed by atoms with Gasteiger partial charge in [-0.05, 0) is 56.5 Å². The number of nitrogens with zero attached hydrogens (tertiary/aromatic N) is 1. The Morgan fingerprint density at radius 1 is 1.14 bits per heavy atom. The molecular weight excluding hydrogens is 432 g/mol. The topological polar surface area (TPSA) is 58.6 Å². The number of hydrogen-bond donors (Lipinski definition) is 1. The van der Waals surface area contributed by atoms with Crippen molar-refractivity contribution in [2.24, 2.45) is 0 Å². The van der Waals surface area contributed by atoms with Crippen LogP contribution in [0.3, 0.4) is 0 Å². The van der Waals surface area contributed by atoms with Gasteiger partial charge in [0.15, 0.2) is 6.61 Å². The maximum absolute atomic E-state index is 13.1. The second-order valence-corrected chi connectivity index (χ2v) is 8.15. The van der Waals surface area contributed by atoms with Gasteiger partial charge in [-0.15, -0.1) is 0 Å². The standard InChI is InChI=1S/C23H29BrN2O3/c1-5-21(23(28)25-16(2)3)26(14-18-9-7-6-8-10-18)22(27)15-29-19-11-12-20(24)17(4)13-19/h6-13,16,21H,5,14-15H2,1-4H3,(H,25,28)/t21-/m0/s1. The summed E-state index contributed by atoms with van der Waals surface area (Å²) in [7, 11) is 0. The Hall–Kier alpha value is -2.34. The molecule has 1 N–H and O–H groups in total. The summed E-state index contributed by atoms with van der Waals surface area (Å²) in [5, 5.41) is 2.92. The Labute approximate surface area is 181 Å². The third-order valence-electron chi connectivity index (χ3n) is 4.50. The molecule has 6 heteroatoms. The first-order valence-corrected chi connectivity index (χ1v) is 10.6. The van der Waals surface area contributed by atoms with Crippen molar-refractivity contribution < 1.29 is 14.3 Å². The molecule has 29 heavy (non-hydrogen) atoms. The van der Waals surface area contributed by atoms with Gasteiger partial charge in [0.25, 0.3) is 5.91 Å². The van der Waals surface area contributed by atoms with Crippen LogP contribution >= 0.6 is 15.9 Å². The lowest BCUT2D eigenvalue weighted by atomic mass is 10.1. The summed E-state index contributed by atoms with van der Waals surface area (Å²) in [6.45, 7) is 7.92. The Kier molecular flexibility index (Phi) is 8.70. The highest BCUT2D eigenvalue weighted by Crippen LogP contribution is 2.22. The van der Waals surface area contributed by atoms with Crippen molar-refractivity contribution in [1.29, 1.82) is 0 Å². The quantitative estimate of drug-likeness (QED) is 0.600. The molecule has 2 aromatic carbocycles. The van der Waals surface area contributed by atoms with E-state index in [0.29, 0.717) is 18.7 Å². The fraction of sp³-hybridized carbons (Fsp3) is 0.391. The van der Waals surface area contributed by atoms with Crippen LogP contribution < -0.4 is 10.1 Å². The molecule has 0 bridgehead atoms. The summed E-state index contributed by atoms with van der Waals surface area (Å²) in [6, 6.07) is 14.7. The summed E-state index contributed by atoms with van der Waals surface area (Å²) < 4.78 is 6.72. The van der Waals surface area contributed by atoms with Crippen molar-refractivity contribution >= 4 is 27.7 Å². The highest BCUT2D eigenvalue weighted by molar-refractivity contribution is 9.10. The molecule has 0 aliphatic rings. The lowest BCUT2D eigenvalue weighted by Gasteiger charge is -2.31. The van der Waals surface area contributed by atoms with Gasteiger partial charge >= 0.3 is 0 Å². The maximum atomic E-state index is 13.1. The fourth-order valence-corrected chi connectivity index (χ4v) is 3.26. The number of ether oxygens (including phenoxy) is 1. The van der Waals surface area contributed by atoms with Gasteiger partial charge in [0.2, 0.25) is 5.91 Å². The molecule has 0 aromatic heterocycles. The summed E-state index contributed by atoms with van der Waals surface area (Å²) >= 11 is 3.46. The van der Waals surface area contributed by atoms with E-state index in [1.54, 1.807) is 4.90 Å².